The standard InChI is InChI=1S/C9H14N2O2/c1-9(6-10)4-7-8(5-11-9)13-3-2-12-7/h4-5,11H,2-3,6,10H2,1H3/t9-/m0/s1. The van der Waals surface area contributed by atoms with Crippen molar-refractivity contribution in [1.29, 1.82) is 0 Å². The van der Waals surface area contributed by atoms with E-state index in [0.717, 1.165) is 11.5 Å². The Bertz CT molecular complexity index is 273. The fourth-order valence-electron chi connectivity index (χ4n) is 1.35. The molecular formula is C9H14N2O2. The van der Waals surface area contributed by atoms with Crippen molar-refractivity contribution in [3.05, 3.63) is 23.8 Å². The highest BCUT2D eigenvalue weighted by Crippen LogP contribution is 2.24. The van der Waals surface area contributed by atoms with E-state index in [-0.39, 0.29) is 5.54 Å². The third-order valence-corrected chi connectivity index (χ3v) is 2.25. The van der Waals surface area contributed by atoms with E-state index in [2.05, 4.69) is 5.32 Å². The molecule has 0 unspecified atom stereocenters. The maximum absolute atomic E-state index is 5.63. The van der Waals surface area contributed by atoms with Gasteiger partial charge >= 0.3 is 0 Å². The SMILES string of the molecule is C[C@@]1(CN)C=C2OCCOC2=CN1. The van der Waals surface area contributed by atoms with Crippen LogP contribution in [0.4, 0.5) is 0 Å². The van der Waals surface area contributed by atoms with Crippen LogP contribution in [0.25, 0.3) is 0 Å². The summed E-state index contributed by atoms with van der Waals surface area (Å²) < 4.78 is 10.8. The predicted octanol–water partition coefficient (Wildman–Crippen LogP) is 0.0791. The van der Waals surface area contributed by atoms with E-state index in [9.17, 15) is 0 Å². The van der Waals surface area contributed by atoms with Gasteiger partial charge < -0.3 is 20.5 Å². The Balaban J connectivity index is 2.22. The number of hydrogen-bond acceptors (Lipinski definition) is 4. The molecule has 0 amide bonds. The minimum atomic E-state index is -0.209. The molecular weight excluding hydrogens is 168 g/mol. The molecule has 0 spiro atoms. The van der Waals surface area contributed by atoms with Crippen LogP contribution in [0, 0.1) is 0 Å². The minimum absolute atomic E-state index is 0.209. The molecule has 0 aromatic heterocycles. The van der Waals surface area contributed by atoms with Crippen LogP contribution >= 0.6 is 0 Å². The van der Waals surface area contributed by atoms with Gasteiger partial charge in [0.05, 0.1) is 5.54 Å². The molecule has 0 radical (unpaired) electrons. The smallest absolute Gasteiger partial charge is 0.176 e. The molecule has 4 nitrogen and oxygen atoms in total. The molecule has 0 saturated carbocycles. The summed E-state index contributed by atoms with van der Waals surface area (Å²) in [4.78, 5) is 0. The van der Waals surface area contributed by atoms with Crippen LogP contribution in [0.3, 0.4) is 0 Å². The topological polar surface area (TPSA) is 56.5 Å². The maximum Gasteiger partial charge on any atom is 0.176 e. The lowest BCUT2D eigenvalue weighted by Crippen LogP contribution is -2.47. The first kappa shape index (κ1) is 8.44. The molecule has 0 bridgehead atoms. The highest BCUT2D eigenvalue weighted by atomic mass is 16.6. The number of nitrogens with two attached hydrogens (primary N) is 1. The zero-order chi connectivity index (χ0) is 9.31. The summed E-state index contributed by atoms with van der Waals surface area (Å²) in [6.07, 6.45) is 3.79. The summed E-state index contributed by atoms with van der Waals surface area (Å²) in [6.45, 7) is 3.78. The molecule has 2 heterocycles. The maximum atomic E-state index is 5.63. The highest BCUT2D eigenvalue weighted by molar-refractivity contribution is 5.30. The van der Waals surface area contributed by atoms with Crippen LogP contribution in [0.15, 0.2) is 23.8 Å². The van der Waals surface area contributed by atoms with Crippen molar-refractivity contribution in [2.45, 2.75) is 12.5 Å². The summed E-state index contributed by atoms with van der Waals surface area (Å²) >= 11 is 0. The molecule has 3 N–H and O–H groups in total. The summed E-state index contributed by atoms with van der Waals surface area (Å²) in [5, 5.41) is 3.18. The van der Waals surface area contributed by atoms with Gasteiger partial charge in [0.2, 0.25) is 0 Å². The molecule has 1 fully saturated rings. The predicted molar refractivity (Wildman–Crippen MR) is 48.7 cm³/mol. The molecule has 72 valence electrons. The van der Waals surface area contributed by atoms with Crippen molar-refractivity contribution in [2.24, 2.45) is 5.73 Å². The zero-order valence-corrected chi connectivity index (χ0v) is 7.67. The van der Waals surface area contributed by atoms with E-state index in [1.165, 1.54) is 0 Å². The van der Waals surface area contributed by atoms with Crippen LogP contribution in [-0.4, -0.2) is 25.3 Å². The molecule has 0 aromatic carbocycles. The normalized spacial score (nSPS) is 31.5. The Labute approximate surface area is 77.4 Å². The van der Waals surface area contributed by atoms with Crippen molar-refractivity contribution in [3.8, 4) is 0 Å². The van der Waals surface area contributed by atoms with Crippen LogP contribution in [-0.2, 0) is 9.47 Å². The highest BCUT2D eigenvalue weighted by Gasteiger charge is 2.27. The first-order valence-electron chi connectivity index (χ1n) is 4.40. The number of fused-ring (bicyclic) bond motifs is 1. The fourth-order valence-corrected chi connectivity index (χ4v) is 1.35. The second-order valence-electron chi connectivity index (χ2n) is 3.48. The summed E-state index contributed by atoms with van der Waals surface area (Å²) in [7, 11) is 0. The zero-order valence-electron chi connectivity index (χ0n) is 7.67. The molecule has 13 heavy (non-hydrogen) atoms. The lowest BCUT2D eigenvalue weighted by Gasteiger charge is -2.32. The van der Waals surface area contributed by atoms with Gasteiger partial charge in [-0.3, -0.25) is 0 Å². The third kappa shape index (κ3) is 1.49. The van der Waals surface area contributed by atoms with E-state index < -0.39 is 0 Å². The number of dihydropyridines is 1. The lowest BCUT2D eigenvalue weighted by atomic mass is 9.99. The summed E-state index contributed by atoms with van der Waals surface area (Å²) in [6, 6.07) is 0. The Hall–Kier alpha value is -1.16. The van der Waals surface area contributed by atoms with Gasteiger partial charge in [-0.15, -0.1) is 0 Å². The second-order valence-corrected chi connectivity index (χ2v) is 3.48. The largest absolute Gasteiger partial charge is 0.486 e. The quantitative estimate of drug-likeness (QED) is 0.603. The van der Waals surface area contributed by atoms with E-state index in [0.29, 0.717) is 19.8 Å². The summed E-state index contributed by atoms with van der Waals surface area (Å²) in [5.41, 5.74) is 5.42. The number of rotatable bonds is 1. The average molecular weight is 182 g/mol. The minimum Gasteiger partial charge on any atom is -0.486 e. The van der Waals surface area contributed by atoms with E-state index in [4.69, 9.17) is 15.2 Å². The van der Waals surface area contributed by atoms with E-state index in [1.807, 2.05) is 19.2 Å². The third-order valence-electron chi connectivity index (χ3n) is 2.25. The molecule has 0 aromatic rings. The fraction of sp³-hybridized carbons (Fsp3) is 0.556. The molecule has 2 aliphatic heterocycles. The summed E-state index contributed by atoms with van der Waals surface area (Å²) in [5.74, 6) is 1.58. The number of ether oxygens (including phenoxy) is 2. The first-order valence-corrected chi connectivity index (χ1v) is 4.40. The Kier molecular flexibility index (Phi) is 1.92. The van der Waals surface area contributed by atoms with Crippen molar-refractivity contribution < 1.29 is 9.47 Å². The van der Waals surface area contributed by atoms with Gasteiger partial charge in [-0.1, -0.05) is 0 Å². The van der Waals surface area contributed by atoms with Gasteiger partial charge in [-0.05, 0) is 13.0 Å². The lowest BCUT2D eigenvalue weighted by molar-refractivity contribution is 0.0538. The van der Waals surface area contributed by atoms with Crippen molar-refractivity contribution in [2.75, 3.05) is 19.8 Å². The van der Waals surface area contributed by atoms with Gasteiger partial charge in [-0.25, -0.2) is 0 Å². The van der Waals surface area contributed by atoms with E-state index >= 15 is 0 Å². The van der Waals surface area contributed by atoms with Gasteiger partial charge in [0.1, 0.15) is 13.2 Å². The molecule has 2 aliphatic rings. The van der Waals surface area contributed by atoms with Crippen molar-refractivity contribution in [1.82, 2.24) is 5.32 Å². The molecule has 0 aliphatic carbocycles. The molecule has 4 heteroatoms. The van der Waals surface area contributed by atoms with Crippen molar-refractivity contribution >= 4 is 0 Å². The van der Waals surface area contributed by atoms with E-state index in [1.54, 1.807) is 0 Å². The molecule has 2 rings (SSSR count). The average Bonchev–Trinajstić information content (AvgIpc) is 2.18. The number of hydrogen-bond donors (Lipinski definition) is 2. The van der Waals surface area contributed by atoms with Crippen molar-refractivity contribution in [3.63, 3.8) is 0 Å². The van der Waals surface area contributed by atoms with Gasteiger partial charge in [0, 0.05) is 12.7 Å². The van der Waals surface area contributed by atoms with Gasteiger partial charge in [-0.2, -0.15) is 0 Å². The Morgan fingerprint density at radius 3 is 2.85 bits per heavy atom. The van der Waals surface area contributed by atoms with Gasteiger partial charge in [0.25, 0.3) is 0 Å². The van der Waals surface area contributed by atoms with Crippen LogP contribution in [0.5, 0.6) is 0 Å². The van der Waals surface area contributed by atoms with Crippen LogP contribution in [0.1, 0.15) is 6.92 Å². The number of nitrogens with one attached hydrogen (secondary N) is 1. The van der Waals surface area contributed by atoms with Crippen LogP contribution < -0.4 is 11.1 Å². The van der Waals surface area contributed by atoms with Crippen LogP contribution in [0.2, 0.25) is 0 Å². The van der Waals surface area contributed by atoms with Gasteiger partial charge in [0.15, 0.2) is 11.5 Å². The Morgan fingerprint density at radius 2 is 2.15 bits per heavy atom. The first-order chi connectivity index (χ1) is 6.23. The molecule has 1 atom stereocenters. The molecule has 1 saturated heterocycles. The second kappa shape index (κ2) is 2.96. The Morgan fingerprint density at radius 1 is 1.46 bits per heavy atom. The monoisotopic (exact) mass is 182 g/mol.